The van der Waals surface area contributed by atoms with Crippen molar-refractivity contribution in [3.8, 4) is 0 Å². The SMILES string of the molecule is CCC(C)(C)C(=O)OCC(=O)OC1CC2CC1C1C3CC(C4COC(=O)C43)C21. The Morgan fingerprint density at radius 2 is 1.86 bits per heavy atom. The van der Waals surface area contributed by atoms with E-state index in [1.165, 1.54) is 0 Å². The van der Waals surface area contributed by atoms with Crippen LogP contribution < -0.4 is 0 Å². The number of esters is 3. The number of hydrogen-bond donors (Lipinski definition) is 0. The fourth-order valence-electron chi connectivity index (χ4n) is 7.34. The normalized spacial score (nSPS) is 45.0. The van der Waals surface area contributed by atoms with E-state index in [1.807, 2.05) is 20.8 Å². The van der Waals surface area contributed by atoms with Crippen LogP contribution >= 0.6 is 0 Å². The summed E-state index contributed by atoms with van der Waals surface area (Å²) < 4.78 is 16.3. The Bertz CT molecular complexity index is 714. The second-order valence-corrected chi connectivity index (χ2v) is 10.3. The highest BCUT2D eigenvalue weighted by Crippen LogP contribution is 2.71. The zero-order chi connectivity index (χ0) is 19.8. The van der Waals surface area contributed by atoms with Crippen LogP contribution in [0.1, 0.15) is 46.5 Å². The molecule has 0 amide bonds. The van der Waals surface area contributed by atoms with Gasteiger partial charge in [0.15, 0.2) is 6.61 Å². The van der Waals surface area contributed by atoms with Gasteiger partial charge in [0.05, 0.1) is 17.9 Å². The molecule has 5 rings (SSSR count). The molecule has 0 aromatic rings. The highest BCUT2D eigenvalue weighted by molar-refractivity contribution is 5.80. The second-order valence-electron chi connectivity index (χ2n) is 10.3. The van der Waals surface area contributed by atoms with E-state index < -0.39 is 11.4 Å². The van der Waals surface area contributed by atoms with Crippen molar-refractivity contribution in [3.63, 3.8) is 0 Å². The first-order valence-corrected chi connectivity index (χ1v) is 10.8. The van der Waals surface area contributed by atoms with Crippen molar-refractivity contribution in [1.29, 1.82) is 0 Å². The number of rotatable bonds is 5. The average Bonchev–Trinajstić information content (AvgIpc) is 3.43. The van der Waals surface area contributed by atoms with Crippen molar-refractivity contribution < 1.29 is 28.6 Å². The average molecular weight is 390 g/mol. The van der Waals surface area contributed by atoms with Crippen molar-refractivity contribution in [1.82, 2.24) is 0 Å². The van der Waals surface area contributed by atoms with Gasteiger partial charge < -0.3 is 14.2 Å². The Labute approximate surface area is 165 Å². The summed E-state index contributed by atoms with van der Waals surface area (Å²) in [7, 11) is 0. The summed E-state index contributed by atoms with van der Waals surface area (Å²) in [5, 5.41) is 0. The molecule has 4 aliphatic carbocycles. The minimum absolute atomic E-state index is 0.00211. The summed E-state index contributed by atoms with van der Waals surface area (Å²) >= 11 is 0. The highest BCUT2D eigenvalue weighted by Gasteiger charge is 2.70. The highest BCUT2D eigenvalue weighted by atomic mass is 16.6. The summed E-state index contributed by atoms with van der Waals surface area (Å²) in [6.07, 6.45) is 3.74. The second kappa shape index (κ2) is 6.20. The molecule has 5 aliphatic rings. The Morgan fingerprint density at radius 3 is 2.61 bits per heavy atom. The van der Waals surface area contributed by atoms with Gasteiger partial charge in [0, 0.05) is 5.92 Å². The third-order valence-electron chi connectivity index (χ3n) is 8.81. The van der Waals surface area contributed by atoms with Gasteiger partial charge in [-0.25, -0.2) is 4.79 Å². The molecule has 6 heteroatoms. The zero-order valence-electron chi connectivity index (χ0n) is 16.9. The Balaban J connectivity index is 1.20. The number of hydrogen-bond acceptors (Lipinski definition) is 6. The van der Waals surface area contributed by atoms with Gasteiger partial charge >= 0.3 is 17.9 Å². The van der Waals surface area contributed by atoms with Crippen molar-refractivity contribution in [2.45, 2.75) is 52.6 Å². The number of fused-ring (bicyclic) bond motifs is 12. The molecule has 4 bridgehead atoms. The smallest absolute Gasteiger partial charge is 0.344 e. The maximum Gasteiger partial charge on any atom is 0.344 e. The number of cyclic esters (lactones) is 1. The van der Waals surface area contributed by atoms with Crippen molar-refractivity contribution in [2.75, 3.05) is 13.2 Å². The van der Waals surface area contributed by atoms with E-state index in [0.717, 1.165) is 19.3 Å². The molecule has 0 spiro atoms. The Hall–Kier alpha value is -1.59. The van der Waals surface area contributed by atoms with Crippen LogP contribution in [0.15, 0.2) is 0 Å². The maximum atomic E-state index is 12.3. The van der Waals surface area contributed by atoms with Crippen LogP contribution in [0.5, 0.6) is 0 Å². The lowest BCUT2D eigenvalue weighted by atomic mass is 9.63. The van der Waals surface area contributed by atoms with Crippen LogP contribution in [0.4, 0.5) is 0 Å². The van der Waals surface area contributed by atoms with Crippen molar-refractivity contribution >= 4 is 17.9 Å². The van der Waals surface area contributed by atoms with E-state index in [9.17, 15) is 14.4 Å². The van der Waals surface area contributed by atoms with Gasteiger partial charge in [0.2, 0.25) is 0 Å². The summed E-state index contributed by atoms with van der Waals surface area (Å²) in [5.74, 6) is 2.86. The lowest BCUT2D eigenvalue weighted by Gasteiger charge is -2.41. The first kappa shape index (κ1) is 18.4. The van der Waals surface area contributed by atoms with Gasteiger partial charge in [-0.15, -0.1) is 0 Å². The molecule has 5 fully saturated rings. The van der Waals surface area contributed by atoms with Crippen LogP contribution in [0.3, 0.4) is 0 Å². The standard InChI is InChI=1S/C22H30O6/c1-4-22(2,3)21(25)27-9-16(23)28-15-6-10-5-12(15)18-13-7-11(17(10)18)14-8-26-20(24)19(13)14/h10-15,17-19H,4-9H2,1-3H3. The molecule has 154 valence electrons. The van der Waals surface area contributed by atoms with Crippen LogP contribution in [-0.4, -0.2) is 37.2 Å². The van der Waals surface area contributed by atoms with Gasteiger partial charge in [-0.05, 0) is 75.0 Å². The number of carbonyl (C=O) groups is 3. The molecule has 1 saturated heterocycles. The van der Waals surface area contributed by atoms with Crippen LogP contribution in [-0.2, 0) is 28.6 Å². The number of carbonyl (C=O) groups excluding carboxylic acids is 3. The molecule has 28 heavy (non-hydrogen) atoms. The van der Waals surface area contributed by atoms with Crippen molar-refractivity contribution in [2.24, 2.45) is 52.8 Å². The lowest BCUT2D eigenvalue weighted by Crippen LogP contribution is -2.43. The third-order valence-corrected chi connectivity index (χ3v) is 8.81. The fourth-order valence-corrected chi connectivity index (χ4v) is 7.34. The topological polar surface area (TPSA) is 78.9 Å². The zero-order valence-corrected chi connectivity index (χ0v) is 16.9. The quantitative estimate of drug-likeness (QED) is 0.408. The molecule has 0 N–H and O–H groups in total. The van der Waals surface area contributed by atoms with E-state index in [4.69, 9.17) is 14.2 Å². The summed E-state index contributed by atoms with van der Waals surface area (Å²) in [4.78, 5) is 36.6. The first-order valence-electron chi connectivity index (χ1n) is 10.8. The molecule has 6 nitrogen and oxygen atoms in total. The molecule has 9 atom stereocenters. The minimum atomic E-state index is -0.588. The Morgan fingerprint density at radius 1 is 1.07 bits per heavy atom. The molecule has 0 radical (unpaired) electrons. The van der Waals surface area contributed by atoms with Crippen LogP contribution in [0, 0.1) is 52.8 Å². The fraction of sp³-hybridized carbons (Fsp3) is 0.864. The number of ether oxygens (including phenoxy) is 3. The van der Waals surface area contributed by atoms with E-state index in [-0.39, 0.29) is 30.6 Å². The van der Waals surface area contributed by atoms with Crippen LogP contribution in [0.2, 0.25) is 0 Å². The van der Waals surface area contributed by atoms with Gasteiger partial charge in [-0.2, -0.15) is 0 Å². The van der Waals surface area contributed by atoms with E-state index in [1.54, 1.807) is 0 Å². The molecule has 0 aromatic carbocycles. The van der Waals surface area contributed by atoms with Gasteiger partial charge in [0.25, 0.3) is 0 Å². The van der Waals surface area contributed by atoms with Crippen LogP contribution in [0.25, 0.3) is 0 Å². The monoisotopic (exact) mass is 390 g/mol. The third kappa shape index (κ3) is 2.48. The minimum Gasteiger partial charge on any atom is -0.465 e. The van der Waals surface area contributed by atoms with Gasteiger partial charge in [0.1, 0.15) is 6.10 Å². The van der Waals surface area contributed by atoms with E-state index in [0.29, 0.717) is 54.5 Å². The molecule has 1 aliphatic heterocycles. The summed E-state index contributed by atoms with van der Waals surface area (Å²) in [6.45, 7) is 5.85. The van der Waals surface area contributed by atoms with Crippen molar-refractivity contribution in [3.05, 3.63) is 0 Å². The van der Waals surface area contributed by atoms with E-state index >= 15 is 0 Å². The van der Waals surface area contributed by atoms with Gasteiger partial charge in [-0.1, -0.05) is 6.92 Å². The van der Waals surface area contributed by atoms with E-state index in [2.05, 4.69) is 0 Å². The molecule has 4 saturated carbocycles. The Kier molecular flexibility index (Phi) is 4.08. The molecule has 0 aromatic heterocycles. The largest absolute Gasteiger partial charge is 0.465 e. The predicted octanol–water partition coefficient (Wildman–Crippen LogP) is 2.59. The predicted molar refractivity (Wildman–Crippen MR) is 97.6 cm³/mol. The maximum absolute atomic E-state index is 12.3. The molecule has 1 heterocycles. The van der Waals surface area contributed by atoms with Gasteiger partial charge in [-0.3, -0.25) is 9.59 Å². The molecular weight excluding hydrogens is 360 g/mol. The first-order chi connectivity index (χ1) is 13.3. The lowest BCUT2D eigenvalue weighted by molar-refractivity contribution is -0.170. The molecule has 9 unspecified atom stereocenters. The molecular formula is C22H30O6. The summed E-state index contributed by atoms with van der Waals surface area (Å²) in [5.41, 5.74) is -0.588. The summed E-state index contributed by atoms with van der Waals surface area (Å²) in [6, 6.07) is 0.